The number of carbonyl (C=O) groups excluding carboxylic acids is 1. The van der Waals surface area contributed by atoms with Gasteiger partial charge in [-0.15, -0.1) is 11.3 Å². The zero-order valence-electron chi connectivity index (χ0n) is 12.9. The second-order valence-electron chi connectivity index (χ2n) is 4.95. The summed E-state index contributed by atoms with van der Waals surface area (Å²) in [6.45, 7) is 0. The zero-order chi connectivity index (χ0) is 16.9. The molecule has 1 amide bonds. The molecular formula is C18H15BrN2O2S. The van der Waals surface area contributed by atoms with Crippen molar-refractivity contribution in [3.8, 4) is 5.75 Å². The summed E-state index contributed by atoms with van der Waals surface area (Å²) < 4.78 is 5.96. The Morgan fingerprint density at radius 3 is 2.38 bits per heavy atom. The number of amides is 1. The Bertz CT molecular complexity index is 846. The third-order valence-electron chi connectivity index (χ3n) is 3.37. The van der Waals surface area contributed by atoms with E-state index >= 15 is 0 Å². The van der Waals surface area contributed by atoms with Gasteiger partial charge in [-0.2, -0.15) is 0 Å². The number of halogens is 1. The number of hydrogen-bond donors (Lipinski definition) is 2. The molecule has 4 nitrogen and oxygen atoms in total. The molecule has 3 rings (SSSR count). The SMILES string of the molecule is COc1ccc(Nc2ccccc2NC(=O)c2sccc2Br)cc1. The van der Waals surface area contributed by atoms with Crippen LogP contribution in [0.15, 0.2) is 64.5 Å². The summed E-state index contributed by atoms with van der Waals surface area (Å²) in [5, 5.41) is 8.14. The molecule has 6 heteroatoms. The van der Waals surface area contributed by atoms with Crippen LogP contribution in [0.4, 0.5) is 17.1 Å². The predicted molar refractivity (Wildman–Crippen MR) is 103 cm³/mol. The van der Waals surface area contributed by atoms with Gasteiger partial charge in [0.05, 0.1) is 18.5 Å². The third-order valence-corrected chi connectivity index (χ3v) is 5.20. The maximum Gasteiger partial charge on any atom is 0.266 e. The largest absolute Gasteiger partial charge is 0.497 e. The van der Waals surface area contributed by atoms with Gasteiger partial charge in [0.25, 0.3) is 5.91 Å². The zero-order valence-corrected chi connectivity index (χ0v) is 15.3. The summed E-state index contributed by atoms with van der Waals surface area (Å²) >= 11 is 4.79. The lowest BCUT2D eigenvalue weighted by atomic mass is 10.2. The molecule has 1 aromatic heterocycles. The van der Waals surface area contributed by atoms with Crippen molar-refractivity contribution >= 4 is 50.2 Å². The first-order chi connectivity index (χ1) is 11.7. The van der Waals surface area contributed by atoms with Gasteiger partial charge in [0.15, 0.2) is 0 Å². The highest BCUT2D eigenvalue weighted by Crippen LogP contribution is 2.29. The summed E-state index contributed by atoms with van der Waals surface area (Å²) in [6, 6.07) is 17.1. The van der Waals surface area contributed by atoms with Gasteiger partial charge in [0, 0.05) is 10.2 Å². The van der Waals surface area contributed by atoms with Gasteiger partial charge in [0.2, 0.25) is 0 Å². The monoisotopic (exact) mass is 402 g/mol. The van der Waals surface area contributed by atoms with Gasteiger partial charge in [-0.1, -0.05) is 12.1 Å². The summed E-state index contributed by atoms with van der Waals surface area (Å²) in [4.78, 5) is 13.1. The van der Waals surface area contributed by atoms with Crippen LogP contribution < -0.4 is 15.4 Å². The van der Waals surface area contributed by atoms with E-state index in [1.807, 2.05) is 60.0 Å². The predicted octanol–water partition coefficient (Wildman–Crippen LogP) is 5.52. The molecule has 0 fully saturated rings. The summed E-state index contributed by atoms with van der Waals surface area (Å²) in [6.07, 6.45) is 0. The Morgan fingerprint density at radius 2 is 1.75 bits per heavy atom. The van der Waals surface area contributed by atoms with E-state index in [9.17, 15) is 4.79 Å². The van der Waals surface area contributed by atoms with E-state index in [-0.39, 0.29) is 5.91 Å². The minimum absolute atomic E-state index is 0.138. The van der Waals surface area contributed by atoms with Gasteiger partial charge in [0.1, 0.15) is 10.6 Å². The molecule has 0 aliphatic rings. The number of anilines is 3. The van der Waals surface area contributed by atoms with Crippen molar-refractivity contribution in [1.29, 1.82) is 0 Å². The maximum absolute atomic E-state index is 12.4. The molecule has 0 aliphatic carbocycles. The summed E-state index contributed by atoms with van der Waals surface area (Å²) in [5.41, 5.74) is 2.46. The van der Waals surface area contributed by atoms with Gasteiger partial charge >= 0.3 is 0 Å². The molecule has 0 atom stereocenters. The highest BCUT2D eigenvalue weighted by atomic mass is 79.9. The quantitative estimate of drug-likeness (QED) is 0.590. The van der Waals surface area contributed by atoms with Gasteiger partial charge in [-0.05, 0) is 63.8 Å². The number of para-hydroxylation sites is 2. The minimum atomic E-state index is -0.138. The molecule has 0 aliphatic heterocycles. The fourth-order valence-electron chi connectivity index (χ4n) is 2.17. The average Bonchev–Trinajstić information content (AvgIpc) is 3.03. The molecule has 122 valence electrons. The second-order valence-corrected chi connectivity index (χ2v) is 6.72. The maximum atomic E-state index is 12.4. The third kappa shape index (κ3) is 3.77. The molecule has 0 spiro atoms. The van der Waals surface area contributed by atoms with E-state index in [1.165, 1.54) is 11.3 Å². The average molecular weight is 403 g/mol. The highest BCUT2D eigenvalue weighted by Gasteiger charge is 2.13. The van der Waals surface area contributed by atoms with Crippen molar-refractivity contribution in [2.45, 2.75) is 0 Å². The van der Waals surface area contributed by atoms with Crippen molar-refractivity contribution in [3.63, 3.8) is 0 Å². The first kappa shape index (κ1) is 16.5. The van der Waals surface area contributed by atoms with Gasteiger partial charge < -0.3 is 15.4 Å². The number of carbonyl (C=O) groups is 1. The van der Waals surface area contributed by atoms with Crippen molar-refractivity contribution in [3.05, 3.63) is 69.3 Å². The van der Waals surface area contributed by atoms with E-state index in [4.69, 9.17) is 4.74 Å². The fraction of sp³-hybridized carbons (Fsp3) is 0.0556. The van der Waals surface area contributed by atoms with Crippen LogP contribution in [0.1, 0.15) is 9.67 Å². The van der Waals surface area contributed by atoms with E-state index in [2.05, 4.69) is 26.6 Å². The van der Waals surface area contributed by atoms with Gasteiger partial charge in [-0.25, -0.2) is 0 Å². The van der Waals surface area contributed by atoms with Crippen molar-refractivity contribution in [2.24, 2.45) is 0 Å². The first-order valence-electron chi connectivity index (χ1n) is 7.22. The summed E-state index contributed by atoms with van der Waals surface area (Å²) in [7, 11) is 1.63. The molecule has 2 N–H and O–H groups in total. The molecule has 1 heterocycles. The lowest BCUT2D eigenvalue weighted by molar-refractivity contribution is 0.103. The lowest BCUT2D eigenvalue weighted by Gasteiger charge is -2.13. The topological polar surface area (TPSA) is 50.4 Å². The highest BCUT2D eigenvalue weighted by molar-refractivity contribution is 9.10. The Morgan fingerprint density at radius 1 is 1.04 bits per heavy atom. The molecule has 0 bridgehead atoms. The smallest absolute Gasteiger partial charge is 0.266 e. The van der Waals surface area contributed by atoms with Crippen LogP contribution in [0.5, 0.6) is 5.75 Å². The molecule has 0 saturated carbocycles. The Balaban J connectivity index is 1.80. The number of hydrogen-bond acceptors (Lipinski definition) is 4. The van der Waals surface area contributed by atoms with Crippen molar-refractivity contribution in [2.75, 3.05) is 17.7 Å². The number of nitrogens with one attached hydrogen (secondary N) is 2. The summed E-state index contributed by atoms with van der Waals surface area (Å²) in [5.74, 6) is 0.658. The van der Waals surface area contributed by atoms with Crippen LogP contribution in [0.25, 0.3) is 0 Å². The van der Waals surface area contributed by atoms with Crippen LogP contribution in [0.2, 0.25) is 0 Å². The number of rotatable bonds is 5. The van der Waals surface area contributed by atoms with Crippen LogP contribution in [-0.4, -0.2) is 13.0 Å². The number of benzene rings is 2. The minimum Gasteiger partial charge on any atom is -0.497 e. The Kier molecular flexibility index (Phi) is 5.17. The molecular weight excluding hydrogens is 388 g/mol. The van der Waals surface area contributed by atoms with E-state index < -0.39 is 0 Å². The molecule has 24 heavy (non-hydrogen) atoms. The lowest BCUT2D eigenvalue weighted by Crippen LogP contribution is -2.12. The van der Waals surface area contributed by atoms with E-state index in [1.54, 1.807) is 7.11 Å². The number of methoxy groups -OCH3 is 1. The Labute approximate surface area is 152 Å². The van der Waals surface area contributed by atoms with Gasteiger partial charge in [-0.3, -0.25) is 4.79 Å². The Hall–Kier alpha value is -2.31. The molecule has 3 aromatic rings. The second kappa shape index (κ2) is 7.51. The van der Waals surface area contributed by atoms with Crippen LogP contribution in [-0.2, 0) is 0 Å². The fourth-order valence-corrected chi connectivity index (χ4v) is 3.61. The molecule has 0 saturated heterocycles. The van der Waals surface area contributed by atoms with Crippen LogP contribution in [0, 0.1) is 0 Å². The first-order valence-corrected chi connectivity index (χ1v) is 8.89. The van der Waals surface area contributed by atoms with E-state index in [0.29, 0.717) is 4.88 Å². The van der Waals surface area contributed by atoms with E-state index in [0.717, 1.165) is 27.3 Å². The van der Waals surface area contributed by atoms with Crippen molar-refractivity contribution < 1.29 is 9.53 Å². The number of thiophene rings is 1. The van der Waals surface area contributed by atoms with Crippen molar-refractivity contribution in [1.82, 2.24) is 0 Å². The normalized spacial score (nSPS) is 10.2. The van der Waals surface area contributed by atoms with Crippen LogP contribution >= 0.6 is 27.3 Å². The standard InChI is InChI=1S/C18H15BrN2O2S/c1-23-13-8-6-12(7-9-13)20-15-4-2-3-5-16(15)21-18(22)17-14(19)10-11-24-17/h2-11,20H,1H3,(H,21,22). The molecule has 0 radical (unpaired) electrons. The van der Waals surface area contributed by atoms with Crippen LogP contribution in [0.3, 0.4) is 0 Å². The molecule has 0 unspecified atom stereocenters. The molecule has 2 aromatic carbocycles. The number of ether oxygens (including phenoxy) is 1.